The lowest BCUT2D eigenvalue weighted by Gasteiger charge is -2.32. The van der Waals surface area contributed by atoms with E-state index in [0.717, 1.165) is 12.8 Å². The summed E-state index contributed by atoms with van der Waals surface area (Å²) in [5.41, 5.74) is 4.87. The van der Waals surface area contributed by atoms with Crippen LogP contribution in [0.4, 0.5) is 0 Å². The van der Waals surface area contributed by atoms with Crippen LogP contribution in [0.1, 0.15) is 59.8 Å². The number of carbonyl (C=O) groups is 3. The highest BCUT2D eigenvalue weighted by atomic mass is 16.6. The average Bonchev–Trinajstić information content (AvgIpc) is 2.62. The van der Waals surface area contributed by atoms with Crippen molar-refractivity contribution in [3.8, 4) is 0 Å². The summed E-state index contributed by atoms with van der Waals surface area (Å²) in [6, 6.07) is 0. The van der Waals surface area contributed by atoms with Crippen molar-refractivity contribution in [1.82, 2.24) is 0 Å². The number of amides is 1. The number of esters is 2. The van der Waals surface area contributed by atoms with Gasteiger partial charge in [0.2, 0.25) is 0 Å². The predicted octanol–water partition coefficient (Wildman–Crippen LogP) is 2.57. The molecule has 8 heteroatoms. The van der Waals surface area contributed by atoms with E-state index in [9.17, 15) is 19.3 Å². The fourth-order valence-electron chi connectivity index (χ4n) is 3.73. The first-order chi connectivity index (χ1) is 12.5. The van der Waals surface area contributed by atoms with Crippen LogP contribution in [0.3, 0.4) is 0 Å². The van der Waals surface area contributed by atoms with Crippen molar-refractivity contribution in [3.63, 3.8) is 0 Å². The lowest BCUT2D eigenvalue weighted by molar-refractivity contribution is -0.163. The molecule has 1 aliphatic rings. The van der Waals surface area contributed by atoms with E-state index in [1.54, 1.807) is 6.92 Å². The van der Waals surface area contributed by atoms with E-state index in [1.165, 1.54) is 0 Å². The van der Waals surface area contributed by atoms with Gasteiger partial charge in [-0.25, -0.2) is 0 Å². The van der Waals surface area contributed by atoms with Gasteiger partial charge in [-0.2, -0.15) is 0 Å². The van der Waals surface area contributed by atoms with Crippen molar-refractivity contribution >= 4 is 17.8 Å². The summed E-state index contributed by atoms with van der Waals surface area (Å²) in [4.78, 5) is 46.7. The van der Waals surface area contributed by atoms with Crippen molar-refractivity contribution in [2.24, 2.45) is 33.6 Å². The highest BCUT2D eigenvalue weighted by molar-refractivity contribution is 5.86. The van der Waals surface area contributed by atoms with Crippen molar-refractivity contribution < 1.29 is 23.9 Å². The summed E-state index contributed by atoms with van der Waals surface area (Å²) in [6.45, 7) is 7.79. The molecule has 0 aromatic rings. The molecule has 3 unspecified atom stereocenters. The zero-order valence-corrected chi connectivity index (χ0v) is 16.8. The minimum absolute atomic E-state index is 0.0818. The van der Waals surface area contributed by atoms with Crippen LogP contribution >= 0.6 is 0 Å². The molecule has 1 amide bonds. The number of hydrogen-bond donors (Lipinski definition) is 1. The minimum atomic E-state index is -0.807. The third kappa shape index (κ3) is 7.01. The highest BCUT2D eigenvalue weighted by Gasteiger charge is 2.39. The van der Waals surface area contributed by atoms with Crippen LogP contribution < -0.4 is 5.73 Å². The lowest BCUT2D eigenvalue weighted by atomic mass is 9.75. The fourth-order valence-corrected chi connectivity index (χ4v) is 3.73. The number of ether oxygens (including phenoxy) is 2. The van der Waals surface area contributed by atoms with Gasteiger partial charge in [-0.05, 0) is 31.6 Å². The van der Waals surface area contributed by atoms with Gasteiger partial charge < -0.3 is 15.2 Å². The molecule has 0 bridgehead atoms. The molecule has 1 aliphatic carbocycles. The highest BCUT2D eigenvalue weighted by Crippen LogP contribution is 2.34. The van der Waals surface area contributed by atoms with E-state index >= 15 is 0 Å². The van der Waals surface area contributed by atoms with Crippen LogP contribution in [0.5, 0.6) is 0 Å². The summed E-state index contributed by atoms with van der Waals surface area (Å²) < 4.78 is 10.4. The fraction of sp³-hybridized carbons (Fsp3) is 0.842. The molecule has 0 radical (unpaired) electrons. The Labute approximate surface area is 160 Å². The summed E-state index contributed by atoms with van der Waals surface area (Å²) in [6.07, 6.45) is 3.08. The molecule has 0 saturated heterocycles. The summed E-state index contributed by atoms with van der Waals surface area (Å²) in [7, 11) is 0. The molecule has 154 valence electrons. The molecule has 0 aromatic carbocycles. The smallest absolute Gasteiger partial charge is 0.313 e. The molecular weight excluding hydrogens is 352 g/mol. The van der Waals surface area contributed by atoms with Gasteiger partial charge in [-0.15, -0.1) is 4.91 Å². The van der Waals surface area contributed by atoms with Crippen LogP contribution in [0.25, 0.3) is 0 Å². The first kappa shape index (κ1) is 23.2. The van der Waals surface area contributed by atoms with Crippen LogP contribution in [-0.4, -0.2) is 37.6 Å². The van der Waals surface area contributed by atoms with Crippen LogP contribution in [0.15, 0.2) is 5.18 Å². The van der Waals surface area contributed by atoms with E-state index in [4.69, 9.17) is 15.2 Å². The Morgan fingerprint density at radius 3 is 2.07 bits per heavy atom. The average molecular weight is 384 g/mol. The van der Waals surface area contributed by atoms with Gasteiger partial charge in [-0.3, -0.25) is 14.4 Å². The first-order valence-electron chi connectivity index (χ1n) is 9.45. The predicted molar refractivity (Wildman–Crippen MR) is 99.4 cm³/mol. The van der Waals surface area contributed by atoms with Crippen LogP contribution in [-0.2, 0) is 23.9 Å². The Hall–Kier alpha value is -1.83. The van der Waals surface area contributed by atoms with Gasteiger partial charge >= 0.3 is 11.9 Å². The maximum atomic E-state index is 12.4. The van der Waals surface area contributed by atoms with E-state index in [0.29, 0.717) is 19.3 Å². The second-order valence-electron chi connectivity index (χ2n) is 8.73. The summed E-state index contributed by atoms with van der Waals surface area (Å²) >= 11 is 0. The van der Waals surface area contributed by atoms with Gasteiger partial charge in [0, 0.05) is 11.7 Å². The zero-order chi connectivity index (χ0) is 20.7. The molecular formula is C19H32N2O6. The van der Waals surface area contributed by atoms with Gasteiger partial charge in [0.25, 0.3) is 5.91 Å². The molecule has 1 fully saturated rings. The monoisotopic (exact) mass is 384 g/mol. The molecule has 0 heterocycles. The van der Waals surface area contributed by atoms with E-state index in [2.05, 4.69) is 5.18 Å². The molecule has 2 N–H and O–H groups in total. The Kier molecular flexibility index (Phi) is 8.53. The third-order valence-corrected chi connectivity index (χ3v) is 4.90. The second-order valence-corrected chi connectivity index (χ2v) is 8.73. The number of hydrogen-bond acceptors (Lipinski definition) is 7. The Morgan fingerprint density at radius 1 is 1.00 bits per heavy atom. The lowest BCUT2D eigenvalue weighted by Crippen LogP contribution is -2.41. The van der Waals surface area contributed by atoms with Gasteiger partial charge in [0.1, 0.15) is 13.2 Å². The Morgan fingerprint density at radius 2 is 1.56 bits per heavy atom. The maximum absolute atomic E-state index is 12.4. The summed E-state index contributed by atoms with van der Waals surface area (Å²) in [5, 5.41) is 2.45. The van der Waals surface area contributed by atoms with Crippen molar-refractivity contribution in [3.05, 3.63) is 4.91 Å². The Bertz CT molecular complexity index is 557. The number of nitrogens with zero attached hydrogens (tertiary/aromatic N) is 1. The molecule has 3 atom stereocenters. The molecule has 1 saturated carbocycles. The standard InChI is InChI=1S/C19H32N2O6/c1-18(2,3)11-19(4,12-20)17(24)27-10-9-26-16(23)14-8-6-5-7-13(14)15(22)21-25/h13-14H,5-12,20H2,1-4H3. The van der Waals surface area contributed by atoms with Crippen molar-refractivity contribution in [2.75, 3.05) is 19.8 Å². The van der Waals surface area contributed by atoms with Crippen LogP contribution in [0, 0.1) is 27.6 Å². The van der Waals surface area contributed by atoms with Crippen molar-refractivity contribution in [2.45, 2.75) is 59.8 Å². The molecule has 1 rings (SSSR count). The Balaban J connectivity index is 2.50. The number of carbonyl (C=O) groups excluding carboxylic acids is 3. The normalized spacial score (nSPS) is 22.4. The van der Waals surface area contributed by atoms with Gasteiger partial charge in [-0.1, -0.05) is 33.6 Å². The molecule has 0 aliphatic heterocycles. The molecule has 0 aromatic heterocycles. The summed E-state index contributed by atoms with van der Waals surface area (Å²) in [5.74, 6) is -3.15. The van der Waals surface area contributed by atoms with Crippen molar-refractivity contribution in [1.29, 1.82) is 0 Å². The molecule has 8 nitrogen and oxygen atoms in total. The van der Waals surface area contributed by atoms with Gasteiger partial charge in [0.15, 0.2) is 0 Å². The number of rotatable bonds is 8. The molecule has 27 heavy (non-hydrogen) atoms. The van der Waals surface area contributed by atoms with Crippen LogP contribution in [0.2, 0.25) is 0 Å². The first-order valence-corrected chi connectivity index (χ1v) is 9.45. The van der Waals surface area contributed by atoms with Gasteiger partial charge in [0.05, 0.1) is 17.3 Å². The zero-order valence-electron chi connectivity index (χ0n) is 16.8. The van der Waals surface area contributed by atoms with E-state index in [1.807, 2.05) is 20.8 Å². The molecule has 0 spiro atoms. The largest absolute Gasteiger partial charge is 0.462 e. The quantitative estimate of drug-likeness (QED) is 0.387. The maximum Gasteiger partial charge on any atom is 0.313 e. The number of nitrogens with two attached hydrogens (primary N) is 1. The second kappa shape index (κ2) is 9.92. The van der Waals surface area contributed by atoms with E-state index in [-0.39, 0.29) is 25.2 Å². The SMILES string of the molecule is CC(C)(C)CC(C)(CN)C(=O)OCCOC(=O)C1CCCCC1C(=O)N=O. The minimum Gasteiger partial charge on any atom is -0.462 e. The number of nitroso groups, excluding NO2 is 1. The topological polar surface area (TPSA) is 125 Å². The third-order valence-electron chi connectivity index (χ3n) is 4.90. The van der Waals surface area contributed by atoms with E-state index < -0.39 is 35.1 Å².